The molecule has 0 saturated heterocycles. The van der Waals surface area contributed by atoms with E-state index in [1.165, 1.54) is 11.1 Å². The molecule has 0 atom stereocenters. The van der Waals surface area contributed by atoms with Crippen molar-refractivity contribution in [1.82, 2.24) is 0 Å². The Morgan fingerprint density at radius 3 is 2.29 bits per heavy atom. The van der Waals surface area contributed by atoms with Gasteiger partial charge in [0.2, 0.25) is 0 Å². The third-order valence-corrected chi connectivity index (χ3v) is 2.87. The lowest BCUT2D eigenvalue weighted by atomic mass is 10.1. The molecule has 2 rings (SSSR count). The molecule has 1 heteroatoms. The van der Waals surface area contributed by atoms with E-state index in [1.54, 1.807) is 0 Å². The monoisotopic (exact) mass is 242 g/mol. The lowest BCUT2D eigenvalue weighted by Crippen LogP contribution is -1.81. The van der Waals surface area contributed by atoms with Crippen LogP contribution < -0.4 is 0 Å². The maximum absolute atomic E-state index is 5.83. The van der Waals surface area contributed by atoms with Crippen molar-refractivity contribution in [3.8, 4) is 0 Å². The van der Waals surface area contributed by atoms with Gasteiger partial charge in [-0.25, -0.2) is 0 Å². The van der Waals surface area contributed by atoms with Crippen LogP contribution >= 0.6 is 11.6 Å². The molecule has 17 heavy (non-hydrogen) atoms. The largest absolute Gasteiger partial charge is 0.0843 e. The van der Waals surface area contributed by atoms with Crippen LogP contribution in [0.15, 0.2) is 60.7 Å². The van der Waals surface area contributed by atoms with Gasteiger partial charge in [-0.05, 0) is 36.1 Å². The van der Waals surface area contributed by atoms with E-state index in [2.05, 4.69) is 36.4 Å². The van der Waals surface area contributed by atoms with Gasteiger partial charge in [0.25, 0.3) is 0 Å². The molecule has 0 aromatic heterocycles. The zero-order chi connectivity index (χ0) is 11.9. The van der Waals surface area contributed by atoms with Crippen LogP contribution in [0.5, 0.6) is 0 Å². The van der Waals surface area contributed by atoms with Gasteiger partial charge in [-0.1, -0.05) is 66.2 Å². The smallest absolute Gasteiger partial charge is 0.0406 e. The Labute approximate surface area is 108 Å². The number of rotatable bonds is 4. The summed E-state index contributed by atoms with van der Waals surface area (Å²) in [6, 6.07) is 18.4. The molecule has 0 aliphatic rings. The van der Waals surface area contributed by atoms with Gasteiger partial charge in [-0.3, -0.25) is 0 Å². The fourth-order valence-electron chi connectivity index (χ4n) is 1.69. The molecule has 0 aliphatic heterocycles. The highest BCUT2D eigenvalue weighted by atomic mass is 35.5. The SMILES string of the molecule is Clc1ccc(/C=C\CCc2ccccc2)cc1. The first-order valence-corrected chi connectivity index (χ1v) is 6.18. The van der Waals surface area contributed by atoms with Crippen LogP contribution in [0.3, 0.4) is 0 Å². The minimum atomic E-state index is 0.784. The van der Waals surface area contributed by atoms with Gasteiger partial charge >= 0.3 is 0 Å². The first-order chi connectivity index (χ1) is 8.34. The van der Waals surface area contributed by atoms with Crippen LogP contribution in [-0.4, -0.2) is 0 Å². The summed E-state index contributed by atoms with van der Waals surface area (Å²) in [7, 11) is 0. The second kappa shape index (κ2) is 6.27. The van der Waals surface area contributed by atoms with E-state index in [1.807, 2.05) is 30.3 Å². The molecular formula is C16H15Cl. The molecule has 0 aliphatic carbocycles. The van der Waals surface area contributed by atoms with Crippen molar-refractivity contribution in [3.05, 3.63) is 76.8 Å². The van der Waals surface area contributed by atoms with E-state index >= 15 is 0 Å². The van der Waals surface area contributed by atoms with Gasteiger partial charge in [0.15, 0.2) is 0 Å². The predicted octanol–water partition coefficient (Wildman–Crippen LogP) is 4.99. The molecule has 0 bridgehead atoms. The van der Waals surface area contributed by atoms with Gasteiger partial charge in [0.1, 0.15) is 0 Å². The molecule has 2 aromatic carbocycles. The Balaban J connectivity index is 1.84. The molecule has 2 aromatic rings. The van der Waals surface area contributed by atoms with Crippen molar-refractivity contribution >= 4 is 17.7 Å². The second-order valence-electron chi connectivity index (χ2n) is 3.98. The molecule has 0 unspecified atom stereocenters. The van der Waals surface area contributed by atoms with Crippen LogP contribution in [0.1, 0.15) is 17.5 Å². The average molecular weight is 243 g/mol. The Morgan fingerprint density at radius 1 is 0.882 bits per heavy atom. The van der Waals surface area contributed by atoms with E-state index in [0.29, 0.717) is 0 Å². The van der Waals surface area contributed by atoms with E-state index in [-0.39, 0.29) is 0 Å². The minimum absolute atomic E-state index is 0.784. The van der Waals surface area contributed by atoms with Gasteiger partial charge in [0.05, 0.1) is 0 Å². The van der Waals surface area contributed by atoms with Gasteiger partial charge in [-0.2, -0.15) is 0 Å². The predicted molar refractivity (Wildman–Crippen MR) is 75.2 cm³/mol. The number of halogens is 1. The van der Waals surface area contributed by atoms with Crippen LogP contribution in [-0.2, 0) is 6.42 Å². The quantitative estimate of drug-likeness (QED) is 0.709. The molecule has 0 amide bonds. The van der Waals surface area contributed by atoms with Crippen molar-refractivity contribution < 1.29 is 0 Å². The van der Waals surface area contributed by atoms with Gasteiger partial charge in [-0.15, -0.1) is 0 Å². The highest BCUT2D eigenvalue weighted by molar-refractivity contribution is 6.30. The van der Waals surface area contributed by atoms with Crippen LogP contribution in [0.2, 0.25) is 5.02 Å². The number of hydrogen-bond acceptors (Lipinski definition) is 0. The Kier molecular flexibility index (Phi) is 4.40. The fraction of sp³-hybridized carbons (Fsp3) is 0.125. The van der Waals surface area contributed by atoms with Crippen LogP contribution in [0.4, 0.5) is 0 Å². The summed E-state index contributed by atoms with van der Waals surface area (Å²) in [5, 5.41) is 0.784. The summed E-state index contributed by atoms with van der Waals surface area (Å²) in [6.45, 7) is 0. The third kappa shape index (κ3) is 4.08. The minimum Gasteiger partial charge on any atom is -0.0843 e. The maximum atomic E-state index is 5.83. The van der Waals surface area contributed by atoms with Crippen molar-refractivity contribution in [3.63, 3.8) is 0 Å². The summed E-state index contributed by atoms with van der Waals surface area (Å²) < 4.78 is 0. The molecule has 0 fully saturated rings. The maximum Gasteiger partial charge on any atom is 0.0406 e. The van der Waals surface area contributed by atoms with E-state index in [9.17, 15) is 0 Å². The number of aryl methyl sites for hydroxylation is 1. The first-order valence-electron chi connectivity index (χ1n) is 5.80. The zero-order valence-corrected chi connectivity index (χ0v) is 10.4. The Hall–Kier alpha value is -1.53. The summed E-state index contributed by atoms with van der Waals surface area (Å²) >= 11 is 5.83. The lowest BCUT2D eigenvalue weighted by molar-refractivity contribution is 1.01. The molecule has 0 N–H and O–H groups in total. The Bertz CT molecular complexity index is 469. The summed E-state index contributed by atoms with van der Waals surface area (Å²) in [4.78, 5) is 0. The molecule has 0 heterocycles. The van der Waals surface area contributed by atoms with Crippen LogP contribution in [0.25, 0.3) is 6.08 Å². The molecule has 0 nitrogen and oxygen atoms in total. The third-order valence-electron chi connectivity index (χ3n) is 2.62. The number of benzene rings is 2. The Morgan fingerprint density at radius 2 is 1.59 bits per heavy atom. The second-order valence-corrected chi connectivity index (χ2v) is 4.41. The van der Waals surface area contributed by atoms with Crippen molar-refractivity contribution in [2.24, 2.45) is 0 Å². The van der Waals surface area contributed by atoms with Crippen molar-refractivity contribution in [1.29, 1.82) is 0 Å². The topological polar surface area (TPSA) is 0 Å². The summed E-state index contributed by atoms with van der Waals surface area (Å²) in [5.41, 5.74) is 2.58. The average Bonchev–Trinajstić information content (AvgIpc) is 2.38. The molecule has 0 spiro atoms. The zero-order valence-electron chi connectivity index (χ0n) is 9.64. The van der Waals surface area contributed by atoms with Crippen molar-refractivity contribution in [2.75, 3.05) is 0 Å². The highest BCUT2D eigenvalue weighted by Gasteiger charge is 1.89. The molecule has 0 radical (unpaired) electrons. The fourth-order valence-corrected chi connectivity index (χ4v) is 1.81. The summed E-state index contributed by atoms with van der Waals surface area (Å²) in [6.07, 6.45) is 6.49. The van der Waals surface area contributed by atoms with Gasteiger partial charge < -0.3 is 0 Å². The number of hydrogen-bond donors (Lipinski definition) is 0. The lowest BCUT2D eigenvalue weighted by Gasteiger charge is -1.97. The van der Waals surface area contributed by atoms with Crippen LogP contribution in [0, 0.1) is 0 Å². The summed E-state index contributed by atoms with van der Waals surface area (Å²) in [5.74, 6) is 0. The molecule has 0 saturated carbocycles. The molecular weight excluding hydrogens is 228 g/mol. The first kappa shape index (κ1) is 11.9. The van der Waals surface area contributed by atoms with E-state index in [4.69, 9.17) is 11.6 Å². The molecule has 86 valence electrons. The van der Waals surface area contributed by atoms with E-state index in [0.717, 1.165) is 17.9 Å². The highest BCUT2D eigenvalue weighted by Crippen LogP contribution is 2.11. The van der Waals surface area contributed by atoms with Gasteiger partial charge in [0, 0.05) is 5.02 Å². The number of allylic oxidation sites excluding steroid dienone is 1. The normalized spacial score (nSPS) is 10.9. The standard InChI is InChI=1S/C16H15Cl/c17-16-12-10-15(11-13-16)9-5-4-8-14-6-2-1-3-7-14/h1-3,5-7,9-13H,4,8H2/b9-5-. The van der Waals surface area contributed by atoms with E-state index < -0.39 is 0 Å². The van der Waals surface area contributed by atoms with Crippen molar-refractivity contribution in [2.45, 2.75) is 12.8 Å².